The molecular weight excluding hydrogens is 407 g/mol. The number of alkyl halides is 3. The van der Waals surface area contributed by atoms with Crippen LogP contribution in [0.4, 0.5) is 19.0 Å². The Morgan fingerprint density at radius 2 is 1.86 bits per heavy atom. The summed E-state index contributed by atoms with van der Waals surface area (Å²) in [7, 11) is 0. The van der Waals surface area contributed by atoms with Crippen LogP contribution in [-0.2, 0) is 6.18 Å². The number of anilines is 1. The molecule has 29 heavy (non-hydrogen) atoms. The average Bonchev–Trinajstić information content (AvgIpc) is 3.15. The quantitative estimate of drug-likeness (QED) is 0.595. The fourth-order valence-corrected chi connectivity index (χ4v) is 3.38. The van der Waals surface area contributed by atoms with Crippen molar-refractivity contribution in [1.82, 2.24) is 20.5 Å². The second-order valence-corrected chi connectivity index (χ2v) is 6.72. The summed E-state index contributed by atoms with van der Waals surface area (Å²) in [5.41, 5.74) is 0.858. The first-order valence-corrected chi connectivity index (χ1v) is 8.84. The molecule has 0 radical (unpaired) electrons. The van der Waals surface area contributed by atoms with E-state index in [2.05, 4.69) is 25.8 Å². The molecule has 4 rings (SSSR count). The summed E-state index contributed by atoms with van der Waals surface area (Å²) >= 11 is 0. The number of nitrogens with one attached hydrogen (secondary N) is 2. The molecule has 0 amide bonds. The summed E-state index contributed by atoms with van der Waals surface area (Å²) in [6.45, 7) is 1.44. The topological polar surface area (TPSA) is 83.0 Å². The lowest BCUT2D eigenvalue weighted by molar-refractivity contribution is -0.137. The van der Waals surface area contributed by atoms with Gasteiger partial charge >= 0.3 is 6.18 Å². The molecule has 1 aliphatic rings. The predicted molar refractivity (Wildman–Crippen MR) is 106 cm³/mol. The molecule has 1 saturated heterocycles. The number of nitrogens with zero attached hydrogens (tertiary/aromatic N) is 3. The smallest absolute Gasteiger partial charge is 0.396 e. The Bertz CT molecular complexity index is 984. The number of hydrogen-bond donors (Lipinski definition) is 3. The fourth-order valence-electron chi connectivity index (χ4n) is 3.38. The molecule has 3 heterocycles. The molecule has 2 aromatic heterocycles. The largest absolute Gasteiger partial charge is 0.416 e. The van der Waals surface area contributed by atoms with Gasteiger partial charge in [0.25, 0.3) is 0 Å². The summed E-state index contributed by atoms with van der Waals surface area (Å²) in [4.78, 5) is 4.39. The lowest BCUT2D eigenvalue weighted by Crippen LogP contribution is -2.31. The van der Waals surface area contributed by atoms with E-state index in [1.165, 1.54) is 12.1 Å². The van der Waals surface area contributed by atoms with E-state index in [1.54, 1.807) is 12.3 Å². The third-order valence-corrected chi connectivity index (χ3v) is 4.92. The van der Waals surface area contributed by atoms with Crippen LogP contribution in [0.1, 0.15) is 5.56 Å². The highest BCUT2D eigenvalue weighted by molar-refractivity contribution is 5.97. The minimum absolute atomic E-state index is 0. The summed E-state index contributed by atoms with van der Waals surface area (Å²) < 4.78 is 38.4. The van der Waals surface area contributed by atoms with Gasteiger partial charge in [-0.15, -0.1) is 22.6 Å². The number of fused-ring (bicyclic) bond motifs is 1. The maximum atomic E-state index is 12.8. The molecule has 2 atom stereocenters. The molecule has 6 nitrogen and oxygen atoms in total. The molecule has 3 N–H and O–H groups in total. The average molecular weight is 426 g/mol. The van der Waals surface area contributed by atoms with Crippen molar-refractivity contribution in [3.8, 4) is 11.3 Å². The van der Waals surface area contributed by atoms with Gasteiger partial charge in [0.1, 0.15) is 11.2 Å². The van der Waals surface area contributed by atoms with Crippen molar-refractivity contribution in [2.75, 3.05) is 25.0 Å². The van der Waals surface area contributed by atoms with Gasteiger partial charge < -0.3 is 15.7 Å². The van der Waals surface area contributed by atoms with Crippen molar-refractivity contribution >= 4 is 29.1 Å². The molecule has 1 aliphatic heterocycles. The summed E-state index contributed by atoms with van der Waals surface area (Å²) in [5, 5.41) is 25.1. The fraction of sp³-hybridized carbons (Fsp3) is 0.316. The highest BCUT2D eigenvalue weighted by Gasteiger charge is 2.30. The van der Waals surface area contributed by atoms with E-state index in [-0.39, 0.29) is 31.0 Å². The van der Waals surface area contributed by atoms with Gasteiger partial charge in [0.2, 0.25) is 0 Å². The number of aromatic nitrogens is 3. The summed E-state index contributed by atoms with van der Waals surface area (Å²) in [6.07, 6.45) is -2.76. The van der Waals surface area contributed by atoms with Crippen LogP contribution in [0.5, 0.6) is 0 Å². The van der Waals surface area contributed by atoms with Crippen LogP contribution in [0.3, 0.4) is 0 Å². The lowest BCUT2D eigenvalue weighted by Gasteiger charge is -2.19. The van der Waals surface area contributed by atoms with Crippen molar-refractivity contribution in [1.29, 1.82) is 0 Å². The van der Waals surface area contributed by atoms with Gasteiger partial charge in [0.15, 0.2) is 5.82 Å². The van der Waals surface area contributed by atoms with Crippen molar-refractivity contribution in [2.24, 2.45) is 5.92 Å². The molecule has 0 unspecified atom stereocenters. The van der Waals surface area contributed by atoms with Gasteiger partial charge in [-0.2, -0.15) is 13.2 Å². The van der Waals surface area contributed by atoms with Gasteiger partial charge in [-0.1, -0.05) is 12.1 Å². The zero-order valence-corrected chi connectivity index (χ0v) is 16.0. The van der Waals surface area contributed by atoms with Crippen molar-refractivity contribution in [2.45, 2.75) is 12.2 Å². The maximum Gasteiger partial charge on any atom is 0.416 e. The Hall–Kier alpha value is -2.49. The number of benzene rings is 1. The number of pyridine rings is 1. The molecule has 0 saturated carbocycles. The third kappa shape index (κ3) is 4.26. The number of aliphatic hydroxyl groups is 1. The molecule has 154 valence electrons. The normalized spacial score (nSPS) is 19.2. The van der Waals surface area contributed by atoms with Gasteiger partial charge in [0, 0.05) is 48.8 Å². The first-order chi connectivity index (χ1) is 13.5. The Morgan fingerprint density at radius 3 is 2.55 bits per heavy atom. The summed E-state index contributed by atoms with van der Waals surface area (Å²) in [6, 6.07) is 8.37. The van der Waals surface area contributed by atoms with E-state index in [0.29, 0.717) is 41.1 Å². The van der Waals surface area contributed by atoms with Gasteiger partial charge in [-0.3, -0.25) is 4.98 Å². The van der Waals surface area contributed by atoms with Crippen LogP contribution in [0, 0.1) is 5.92 Å². The third-order valence-electron chi connectivity index (χ3n) is 4.92. The molecular formula is C19H19ClF3N5O. The standard InChI is InChI=1S/C19H18F3N5O.ClH/c20-19(21,22)13-5-3-11(4-6-13)16-14-2-1-7-24-17(14)18(27-26-16)25-15-9-23-8-12(15)10-28;/h1-7,12,15,23,28H,8-10H2,(H,25,27);1H/t12-,15+;/m0./s1. The zero-order valence-electron chi connectivity index (χ0n) is 15.1. The van der Waals surface area contributed by atoms with E-state index in [4.69, 9.17) is 0 Å². The second kappa shape index (κ2) is 8.48. The Balaban J connectivity index is 0.00000240. The van der Waals surface area contributed by atoms with Crippen LogP contribution in [0.25, 0.3) is 22.2 Å². The maximum absolute atomic E-state index is 12.8. The number of aliphatic hydroxyl groups excluding tert-OH is 1. The number of rotatable bonds is 4. The Labute approximate surface area is 171 Å². The van der Waals surface area contributed by atoms with Gasteiger partial charge in [-0.25, -0.2) is 0 Å². The molecule has 3 aromatic rings. The van der Waals surface area contributed by atoms with Gasteiger partial charge in [0.05, 0.1) is 5.56 Å². The minimum Gasteiger partial charge on any atom is -0.396 e. The van der Waals surface area contributed by atoms with E-state index in [0.717, 1.165) is 12.1 Å². The first-order valence-electron chi connectivity index (χ1n) is 8.84. The Morgan fingerprint density at radius 1 is 1.10 bits per heavy atom. The van der Waals surface area contributed by atoms with Crippen LogP contribution < -0.4 is 10.6 Å². The van der Waals surface area contributed by atoms with Crippen LogP contribution >= 0.6 is 12.4 Å². The van der Waals surface area contributed by atoms with Crippen molar-refractivity contribution in [3.63, 3.8) is 0 Å². The minimum atomic E-state index is -4.39. The molecule has 10 heteroatoms. The van der Waals surface area contributed by atoms with Gasteiger partial charge in [-0.05, 0) is 24.3 Å². The summed E-state index contributed by atoms with van der Waals surface area (Å²) in [5.74, 6) is 0.536. The highest BCUT2D eigenvalue weighted by atomic mass is 35.5. The van der Waals surface area contributed by atoms with E-state index < -0.39 is 11.7 Å². The molecule has 0 spiro atoms. The monoisotopic (exact) mass is 425 g/mol. The van der Waals surface area contributed by atoms with E-state index in [9.17, 15) is 18.3 Å². The van der Waals surface area contributed by atoms with E-state index in [1.807, 2.05) is 6.07 Å². The molecule has 0 aliphatic carbocycles. The van der Waals surface area contributed by atoms with Crippen LogP contribution in [-0.4, -0.2) is 46.0 Å². The molecule has 0 bridgehead atoms. The second-order valence-electron chi connectivity index (χ2n) is 6.72. The first kappa shape index (κ1) is 21.2. The zero-order chi connectivity index (χ0) is 19.7. The highest BCUT2D eigenvalue weighted by Crippen LogP contribution is 2.33. The van der Waals surface area contributed by atoms with Crippen LogP contribution in [0.2, 0.25) is 0 Å². The lowest BCUT2D eigenvalue weighted by atomic mass is 10.0. The molecule has 1 fully saturated rings. The number of halogens is 4. The predicted octanol–water partition coefficient (Wildman–Crippen LogP) is 3.12. The molecule has 1 aromatic carbocycles. The van der Waals surface area contributed by atoms with Crippen molar-refractivity contribution < 1.29 is 18.3 Å². The number of hydrogen-bond acceptors (Lipinski definition) is 6. The van der Waals surface area contributed by atoms with Crippen molar-refractivity contribution in [3.05, 3.63) is 48.2 Å². The van der Waals surface area contributed by atoms with E-state index >= 15 is 0 Å². The SMILES string of the molecule is Cl.OC[C@@H]1CNC[C@H]1Nc1nnc(-c2ccc(C(F)(F)F)cc2)c2cccnc12. The Kier molecular flexibility index (Phi) is 6.21. The van der Waals surface area contributed by atoms with Crippen LogP contribution in [0.15, 0.2) is 42.6 Å².